The van der Waals surface area contributed by atoms with Gasteiger partial charge in [0.1, 0.15) is 5.69 Å². The van der Waals surface area contributed by atoms with Gasteiger partial charge in [-0.2, -0.15) is 0 Å². The van der Waals surface area contributed by atoms with E-state index in [4.69, 9.17) is 4.74 Å². The second-order valence-electron chi connectivity index (χ2n) is 5.68. The van der Waals surface area contributed by atoms with E-state index in [-0.39, 0.29) is 12.0 Å². The third-order valence-corrected chi connectivity index (χ3v) is 4.07. The van der Waals surface area contributed by atoms with Crippen LogP contribution in [0, 0.1) is 0 Å². The summed E-state index contributed by atoms with van der Waals surface area (Å²) in [5.41, 5.74) is 4.50. The van der Waals surface area contributed by atoms with Crippen molar-refractivity contribution < 1.29 is 9.53 Å². The molecule has 0 saturated heterocycles. The molecule has 1 aromatic heterocycles. The van der Waals surface area contributed by atoms with E-state index in [9.17, 15) is 4.79 Å². The number of ether oxygens (including phenoxy) is 1. The molecular weight excluding hydrogens is 250 g/mol. The van der Waals surface area contributed by atoms with Crippen LogP contribution in [-0.4, -0.2) is 17.1 Å². The smallest absolute Gasteiger partial charge is 0.355 e. The normalized spacial score (nSPS) is 14.0. The van der Waals surface area contributed by atoms with Crippen LogP contribution >= 0.6 is 0 Å². The first kappa shape index (κ1) is 13.2. The van der Waals surface area contributed by atoms with Gasteiger partial charge in [-0.05, 0) is 57.2 Å². The van der Waals surface area contributed by atoms with E-state index in [0.717, 1.165) is 25.0 Å². The Balaban J connectivity index is 2.35. The molecule has 2 aromatic rings. The van der Waals surface area contributed by atoms with Gasteiger partial charge in [-0.1, -0.05) is 12.1 Å². The Morgan fingerprint density at radius 2 is 2.15 bits per heavy atom. The number of aryl methyl sites for hydroxylation is 2. The lowest BCUT2D eigenvalue weighted by atomic mass is 9.92. The standard InChI is InChI=1S/C17H21NO2/c1-4-20-17(19)16-13-9-5-7-12-8-6-10-14(15(12)13)18(16)11(2)3/h6,8,10-11H,4-5,7,9H2,1-3H3. The summed E-state index contributed by atoms with van der Waals surface area (Å²) in [7, 11) is 0. The molecule has 0 saturated carbocycles. The Morgan fingerprint density at radius 1 is 1.35 bits per heavy atom. The first-order chi connectivity index (χ1) is 9.65. The molecule has 0 aliphatic heterocycles. The minimum Gasteiger partial charge on any atom is -0.461 e. The molecule has 0 bridgehead atoms. The fraction of sp³-hybridized carbons (Fsp3) is 0.471. The summed E-state index contributed by atoms with van der Waals surface area (Å²) in [6.07, 6.45) is 3.19. The number of hydrogen-bond acceptors (Lipinski definition) is 2. The molecule has 0 radical (unpaired) electrons. The van der Waals surface area contributed by atoms with Crippen molar-refractivity contribution in [3.05, 3.63) is 35.0 Å². The molecule has 0 N–H and O–H groups in total. The van der Waals surface area contributed by atoms with E-state index in [1.807, 2.05) is 6.92 Å². The molecule has 3 heteroatoms. The maximum atomic E-state index is 12.4. The first-order valence-corrected chi connectivity index (χ1v) is 7.47. The highest BCUT2D eigenvalue weighted by molar-refractivity contribution is 6.01. The van der Waals surface area contributed by atoms with Gasteiger partial charge in [-0.25, -0.2) is 4.79 Å². The second kappa shape index (κ2) is 4.97. The molecule has 0 amide bonds. The van der Waals surface area contributed by atoms with Crippen LogP contribution in [0.25, 0.3) is 10.9 Å². The molecule has 20 heavy (non-hydrogen) atoms. The van der Waals surface area contributed by atoms with Gasteiger partial charge in [0.15, 0.2) is 0 Å². The topological polar surface area (TPSA) is 31.2 Å². The van der Waals surface area contributed by atoms with Crippen LogP contribution in [0.2, 0.25) is 0 Å². The van der Waals surface area contributed by atoms with Gasteiger partial charge in [-0.3, -0.25) is 0 Å². The number of benzene rings is 1. The largest absolute Gasteiger partial charge is 0.461 e. The third kappa shape index (κ3) is 1.84. The van der Waals surface area contributed by atoms with E-state index >= 15 is 0 Å². The monoisotopic (exact) mass is 271 g/mol. The molecule has 1 aromatic carbocycles. The lowest BCUT2D eigenvalue weighted by Gasteiger charge is -2.14. The van der Waals surface area contributed by atoms with Gasteiger partial charge < -0.3 is 9.30 Å². The van der Waals surface area contributed by atoms with E-state index in [2.05, 4.69) is 36.6 Å². The van der Waals surface area contributed by atoms with Crippen LogP contribution in [0.15, 0.2) is 18.2 Å². The van der Waals surface area contributed by atoms with E-state index in [1.165, 1.54) is 22.0 Å². The zero-order chi connectivity index (χ0) is 14.3. The average molecular weight is 271 g/mol. The maximum Gasteiger partial charge on any atom is 0.355 e. The molecule has 0 spiro atoms. The zero-order valence-electron chi connectivity index (χ0n) is 12.4. The number of nitrogens with zero attached hydrogens (tertiary/aromatic N) is 1. The van der Waals surface area contributed by atoms with Crippen LogP contribution in [0.4, 0.5) is 0 Å². The Kier molecular flexibility index (Phi) is 3.28. The fourth-order valence-electron chi connectivity index (χ4n) is 3.38. The van der Waals surface area contributed by atoms with Crippen LogP contribution < -0.4 is 0 Å². The van der Waals surface area contributed by atoms with Crippen molar-refractivity contribution >= 4 is 16.9 Å². The fourth-order valence-corrected chi connectivity index (χ4v) is 3.38. The molecular formula is C17H21NO2. The molecule has 0 atom stereocenters. The van der Waals surface area contributed by atoms with Crippen molar-refractivity contribution in [1.29, 1.82) is 0 Å². The molecule has 0 unspecified atom stereocenters. The van der Waals surface area contributed by atoms with Gasteiger partial charge in [0.25, 0.3) is 0 Å². The summed E-state index contributed by atoms with van der Waals surface area (Å²) >= 11 is 0. The van der Waals surface area contributed by atoms with Gasteiger partial charge in [0.2, 0.25) is 0 Å². The predicted molar refractivity (Wildman–Crippen MR) is 80.3 cm³/mol. The van der Waals surface area contributed by atoms with Crippen molar-refractivity contribution in [2.24, 2.45) is 0 Å². The van der Waals surface area contributed by atoms with Crippen LogP contribution in [-0.2, 0) is 17.6 Å². The lowest BCUT2D eigenvalue weighted by Crippen LogP contribution is -2.16. The highest BCUT2D eigenvalue weighted by Crippen LogP contribution is 2.36. The highest BCUT2D eigenvalue weighted by Gasteiger charge is 2.27. The van der Waals surface area contributed by atoms with Crippen molar-refractivity contribution in [3.8, 4) is 0 Å². The molecule has 1 heterocycles. The number of esters is 1. The van der Waals surface area contributed by atoms with Crippen LogP contribution in [0.5, 0.6) is 0 Å². The number of aromatic nitrogens is 1. The Bertz CT molecular complexity index is 667. The van der Waals surface area contributed by atoms with Crippen molar-refractivity contribution in [2.75, 3.05) is 6.61 Å². The molecule has 1 aliphatic carbocycles. The van der Waals surface area contributed by atoms with E-state index < -0.39 is 0 Å². The molecule has 3 nitrogen and oxygen atoms in total. The SMILES string of the molecule is CCOC(=O)c1c2c3c(cccc3n1C(C)C)CCC2. The van der Waals surface area contributed by atoms with Crippen LogP contribution in [0.1, 0.15) is 54.8 Å². The summed E-state index contributed by atoms with van der Waals surface area (Å²) in [6.45, 7) is 6.52. The maximum absolute atomic E-state index is 12.4. The number of carbonyl (C=O) groups excluding carboxylic acids is 1. The van der Waals surface area contributed by atoms with E-state index in [0.29, 0.717) is 6.61 Å². The van der Waals surface area contributed by atoms with Crippen LogP contribution in [0.3, 0.4) is 0 Å². The molecule has 1 aliphatic rings. The van der Waals surface area contributed by atoms with Gasteiger partial charge in [-0.15, -0.1) is 0 Å². The van der Waals surface area contributed by atoms with Crippen molar-refractivity contribution in [3.63, 3.8) is 0 Å². The Hall–Kier alpha value is -1.77. The van der Waals surface area contributed by atoms with Gasteiger partial charge >= 0.3 is 5.97 Å². The summed E-state index contributed by atoms with van der Waals surface area (Å²) in [5, 5.41) is 1.29. The molecule has 3 rings (SSSR count). The van der Waals surface area contributed by atoms with Crippen molar-refractivity contribution in [1.82, 2.24) is 4.57 Å². The second-order valence-corrected chi connectivity index (χ2v) is 5.68. The summed E-state index contributed by atoms with van der Waals surface area (Å²) in [6, 6.07) is 6.65. The molecule has 0 fully saturated rings. The Labute approximate surface area is 119 Å². The van der Waals surface area contributed by atoms with Crippen molar-refractivity contribution in [2.45, 2.75) is 46.1 Å². The highest BCUT2D eigenvalue weighted by atomic mass is 16.5. The number of rotatable bonds is 3. The first-order valence-electron chi connectivity index (χ1n) is 7.47. The lowest BCUT2D eigenvalue weighted by molar-refractivity contribution is 0.0511. The summed E-state index contributed by atoms with van der Waals surface area (Å²) in [4.78, 5) is 12.4. The average Bonchev–Trinajstić information content (AvgIpc) is 2.77. The van der Waals surface area contributed by atoms with Gasteiger partial charge in [0, 0.05) is 16.9 Å². The third-order valence-electron chi connectivity index (χ3n) is 4.07. The Morgan fingerprint density at radius 3 is 2.85 bits per heavy atom. The quantitative estimate of drug-likeness (QED) is 0.793. The number of carbonyl (C=O) groups is 1. The van der Waals surface area contributed by atoms with E-state index in [1.54, 1.807) is 0 Å². The molecule has 106 valence electrons. The van der Waals surface area contributed by atoms with Gasteiger partial charge in [0.05, 0.1) is 6.61 Å². The number of hydrogen-bond donors (Lipinski definition) is 0. The summed E-state index contributed by atoms with van der Waals surface area (Å²) < 4.78 is 7.45. The summed E-state index contributed by atoms with van der Waals surface area (Å²) in [5.74, 6) is -0.180. The minimum absolute atomic E-state index is 0.180. The zero-order valence-corrected chi connectivity index (χ0v) is 12.4. The predicted octanol–water partition coefficient (Wildman–Crippen LogP) is 3.89. The minimum atomic E-state index is -0.180.